The average Bonchev–Trinajstić information content (AvgIpc) is 4.25. The standard InChI is InChI=1S/C7H9N.2C6H10N2.3C6H8N2.C4H7N3.2C4H6N2O.C3H6N4.CH4/c1-6-3-4-7(2)8-5-6;1-5-4-7-8(3)6(5)2;1-5-4-6(2)8(3)7-5;1-5-3-8-6(2)4-7-5;1-5-3-7-6(2)8-4-5;1-5-3-4-6(2)8-7-5;1-4-5-3-7(2)6-4;1-3-5-6-4(2)7-3;1-3-5-4(2)7-6-3;1-3-4-6-7(2)5-3;/h3-5H,1-2H3;2*4H,1-3H3;3*3-4H,1-2H3;3H,1-2H3;3*1-2H3;1H4. The van der Waals surface area contributed by atoms with Gasteiger partial charge in [0.2, 0.25) is 17.7 Å². The molecule has 0 aliphatic heterocycles. The van der Waals surface area contributed by atoms with Crippen molar-refractivity contribution < 1.29 is 8.94 Å². The van der Waals surface area contributed by atoms with Crippen LogP contribution in [0, 0.1) is 125 Å². The Bertz CT molecular complexity index is 2540. The van der Waals surface area contributed by atoms with Crippen LogP contribution in [0.3, 0.4) is 0 Å². The van der Waals surface area contributed by atoms with E-state index in [2.05, 4.69) is 122 Å². The van der Waals surface area contributed by atoms with Crippen molar-refractivity contribution in [3.8, 4) is 0 Å². The molecule has 0 aliphatic carbocycles. The Kier molecular flexibility index (Phi) is 32.9. The van der Waals surface area contributed by atoms with E-state index >= 15 is 0 Å². The molecule has 24 heteroatoms. The average molecular weight is 1060 g/mol. The summed E-state index contributed by atoms with van der Waals surface area (Å²) >= 11 is 0. The van der Waals surface area contributed by atoms with Gasteiger partial charge in [-0.3, -0.25) is 29.0 Å². The summed E-state index contributed by atoms with van der Waals surface area (Å²) in [5.41, 5.74) is 12.1. The van der Waals surface area contributed by atoms with Crippen LogP contribution in [-0.2, 0) is 28.2 Å². The van der Waals surface area contributed by atoms with Gasteiger partial charge in [-0.25, -0.2) is 15.0 Å². The van der Waals surface area contributed by atoms with Crippen LogP contribution in [0.2, 0.25) is 0 Å². The molecular weight excluding hydrogens is 977 g/mol. The van der Waals surface area contributed by atoms with E-state index in [-0.39, 0.29) is 7.43 Å². The van der Waals surface area contributed by atoms with E-state index in [1.807, 2.05) is 150 Å². The number of tetrazole rings is 1. The molecule has 0 spiro atoms. The molecule has 0 bridgehead atoms. The third-order valence-corrected chi connectivity index (χ3v) is 9.11. The van der Waals surface area contributed by atoms with Crippen molar-refractivity contribution in [1.82, 2.24) is 110 Å². The highest BCUT2D eigenvalue weighted by Gasteiger charge is 1.95. The van der Waals surface area contributed by atoms with E-state index in [0.29, 0.717) is 29.3 Å². The molecule has 24 nitrogen and oxygen atoms in total. The number of aromatic nitrogens is 22. The molecule has 0 amide bonds. The molecule has 0 fully saturated rings. The van der Waals surface area contributed by atoms with E-state index < -0.39 is 0 Å². The molecule has 0 aromatic carbocycles. The molecule has 0 radical (unpaired) electrons. The number of hydrogen-bond donors (Lipinski definition) is 0. The van der Waals surface area contributed by atoms with Gasteiger partial charge in [0.05, 0.1) is 41.7 Å². The summed E-state index contributed by atoms with van der Waals surface area (Å²) in [4.78, 5) is 29.2. The molecule has 0 saturated heterocycles. The molecule has 10 heterocycles. The van der Waals surface area contributed by atoms with E-state index in [0.717, 1.165) is 51.4 Å². The van der Waals surface area contributed by atoms with Crippen molar-refractivity contribution >= 4 is 0 Å². The van der Waals surface area contributed by atoms with Gasteiger partial charge in [-0.2, -0.15) is 35.3 Å². The Morgan fingerprint density at radius 3 is 1.16 bits per heavy atom. The van der Waals surface area contributed by atoms with E-state index in [4.69, 9.17) is 4.42 Å². The molecule has 0 unspecified atom stereocenters. The van der Waals surface area contributed by atoms with Gasteiger partial charge in [-0.1, -0.05) is 18.6 Å². The monoisotopic (exact) mass is 1060 g/mol. The maximum atomic E-state index is 4.86. The summed E-state index contributed by atoms with van der Waals surface area (Å²) < 4.78 is 14.9. The highest BCUT2D eigenvalue weighted by molar-refractivity contribution is 5.12. The summed E-state index contributed by atoms with van der Waals surface area (Å²) in [6.07, 6.45) is 12.6. The molecular formula is C53H82N22O2. The Hall–Kier alpha value is -8.70. The summed E-state index contributed by atoms with van der Waals surface area (Å²) in [5, 5.41) is 41.5. The number of aryl methyl sites for hydroxylation is 21. The van der Waals surface area contributed by atoms with Gasteiger partial charge in [0.1, 0.15) is 18.0 Å². The van der Waals surface area contributed by atoms with Gasteiger partial charge in [0.15, 0.2) is 11.6 Å². The fourth-order valence-corrected chi connectivity index (χ4v) is 4.89. The van der Waals surface area contributed by atoms with Crippen molar-refractivity contribution in [2.45, 2.75) is 132 Å². The van der Waals surface area contributed by atoms with Crippen molar-refractivity contribution in [1.29, 1.82) is 0 Å². The maximum Gasteiger partial charge on any atom is 0.223 e. The zero-order chi connectivity index (χ0) is 57.3. The van der Waals surface area contributed by atoms with Gasteiger partial charge >= 0.3 is 0 Å². The molecule has 0 atom stereocenters. The van der Waals surface area contributed by atoms with Crippen molar-refractivity contribution in [2.24, 2.45) is 28.2 Å². The predicted octanol–water partition coefficient (Wildman–Crippen LogP) is 8.70. The van der Waals surface area contributed by atoms with Crippen LogP contribution in [0.5, 0.6) is 0 Å². The summed E-state index contributed by atoms with van der Waals surface area (Å²) in [5.74, 6) is 4.92. The van der Waals surface area contributed by atoms with E-state index in [1.165, 1.54) is 27.3 Å². The minimum atomic E-state index is 0. The topological polar surface area (TPSA) is 278 Å². The Balaban J connectivity index is 0.000000833. The second-order valence-electron chi connectivity index (χ2n) is 17.0. The van der Waals surface area contributed by atoms with Crippen LogP contribution in [0.25, 0.3) is 0 Å². The highest BCUT2D eigenvalue weighted by atomic mass is 16.5. The molecule has 10 aromatic heterocycles. The van der Waals surface area contributed by atoms with Crippen LogP contribution in [0.1, 0.15) is 111 Å². The minimum Gasteiger partial charge on any atom is -0.426 e. The molecule has 0 saturated carbocycles. The summed E-state index contributed by atoms with van der Waals surface area (Å²) in [7, 11) is 7.48. The molecule has 10 rings (SSSR count). The quantitative estimate of drug-likeness (QED) is 0.137. The zero-order valence-corrected chi connectivity index (χ0v) is 48.6. The Labute approximate surface area is 454 Å². The molecule has 0 aliphatic rings. The third kappa shape index (κ3) is 33.7. The molecule has 0 N–H and O–H groups in total. The van der Waals surface area contributed by atoms with Crippen LogP contribution < -0.4 is 0 Å². The first kappa shape index (κ1) is 68.3. The van der Waals surface area contributed by atoms with Crippen LogP contribution in [0.15, 0.2) is 82.8 Å². The van der Waals surface area contributed by atoms with Gasteiger partial charge in [-0.15, -0.1) is 20.4 Å². The molecule has 77 heavy (non-hydrogen) atoms. The normalized spacial score (nSPS) is 9.32. The van der Waals surface area contributed by atoms with Gasteiger partial charge in [0, 0.05) is 90.0 Å². The zero-order valence-electron chi connectivity index (χ0n) is 48.6. The van der Waals surface area contributed by atoms with Crippen LogP contribution >= 0.6 is 0 Å². The summed E-state index contributed by atoms with van der Waals surface area (Å²) in [6, 6.07) is 10.0. The highest BCUT2D eigenvalue weighted by Crippen LogP contribution is 2.01. The fourth-order valence-electron chi connectivity index (χ4n) is 4.89. The lowest BCUT2D eigenvalue weighted by atomic mass is 10.3. The Morgan fingerprint density at radius 2 is 0.948 bits per heavy atom. The van der Waals surface area contributed by atoms with Gasteiger partial charge < -0.3 is 8.94 Å². The maximum absolute atomic E-state index is 4.86. The van der Waals surface area contributed by atoms with E-state index in [9.17, 15) is 0 Å². The largest absolute Gasteiger partial charge is 0.426 e. The SMILES string of the molecule is C.Cc1cc(C)n(C)n1.Cc1ccc(C)nc1.Cc1ccc(C)nn1.Cc1cnc(C)cn1.Cc1cnc(C)nc1.Cc1cnn(C)c1C.Cc1ncn(C)n1.Cc1nnc(C)o1.Cc1nnn(C)n1.Cc1noc(C)n1. The lowest BCUT2D eigenvalue weighted by molar-refractivity contribution is 0.389. The van der Waals surface area contributed by atoms with Crippen LogP contribution in [0.4, 0.5) is 0 Å². The molecule has 10 aromatic rings. The number of hydrogen-bond acceptors (Lipinski definition) is 20. The third-order valence-electron chi connectivity index (χ3n) is 9.11. The number of nitrogens with zero attached hydrogens (tertiary/aromatic N) is 22. The van der Waals surface area contributed by atoms with Gasteiger partial charge in [-0.05, 0) is 150 Å². The first-order valence-electron chi connectivity index (χ1n) is 23.9. The fraction of sp³-hybridized carbons (Fsp3) is 0.434. The summed E-state index contributed by atoms with van der Waals surface area (Å²) in [6.45, 7) is 34.4. The smallest absolute Gasteiger partial charge is 0.223 e. The first-order chi connectivity index (χ1) is 35.7. The second kappa shape index (κ2) is 37.1. The van der Waals surface area contributed by atoms with Crippen molar-refractivity contribution in [3.63, 3.8) is 0 Å². The lowest BCUT2D eigenvalue weighted by Gasteiger charge is -1.90. The molecule has 416 valence electrons. The lowest BCUT2D eigenvalue weighted by Crippen LogP contribution is -1.91. The second-order valence-corrected chi connectivity index (χ2v) is 17.0. The van der Waals surface area contributed by atoms with Crippen molar-refractivity contribution in [3.05, 3.63) is 177 Å². The van der Waals surface area contributed by atoms with Crippen LogP contribution in [-0.4, -0.2) is 110 Å². The number of pyridine rings is 1. The minimum absolute atomic E-state index is 0. The first-order valence-corrected chi connectivity index (χ1v) is 23.9. The van der Waals surface area contributed by atoms with Crippen molar-refractivity contribution in [2.75, 3.05) is 0 Å². The Morgan fingerprint density at radius 1 is 0.416 bits per heavy atom. The number of rotatable bonds is 0. The predicted molar refractivity (Wildman–Crippen MR) is 297 cm³/mol. The van der Waals surface area contributed by atoms with Gasteiger partial charge in [0.25, 0.3) is 0 Å². The van der Waals surface area contributed by atoms with E-state index in [1.54, 1.807) is 65.1 Å².